The topological polar surface area (TPSA) is 113 Å². The van der Waals surface area contributed by atoms with E-state index >= 15 is 0 Å². The highest BCUT2D eigenvalue weighted by atomic mass is 32.2. The first-order valence-electron chi connectivity index (χ1n) is 6.18. The highest BCUT2D eigenvalue weighted by Gasteiger charge is 2.14. The Morgan fingerprint density at radius 2 is 1.95 bits per heavy atom. The molecule has 0 saturated carbocycles. The Morgan fingerprint density at radius 3 is 2.42 bits per heavy atom. The number of amides is 2. The molecule has 0 aliphatic carbocycles. The summed E-state index contributed by atoms with van der Waals surface area (Å²) in [6, 6.07) is -0.870. The molecule has 19 heavy (non-hydrogen) atoms. The number of aliphatic carboxylic acids is 1. The van der Waals surface area contributed by atoms with Crippen molar-refractivity contribution in [1.29, 1.82) is 0 Å². The second-order valence-electron chi connectivity index (χ2n) is 4.47. The molecule has 1 atom stereocenters. The van der Waals surface area contributed by atoms with Crippen LogP contribution in [0.25, 0.3) is 0 Å². The van der Waals surface area contributed by atoms with E-state index in [9.17, 15) is 18.0 Å². The Bertz CT molecular complexity index is 394. The lowest BCUT2D eigenvalue weighted by Gasteiger charge is -2.16. The van der Waals surface area contributed by atoms with Crippen LogP contribution >= 0.6 is 0 Å². The summed E-state index contributed by atoms with van der Waals surface area (Å²) in [7, 11) is -3.02. The fraction of sp³-hybridized carbons (Fsp3) is 0.818. The van der Waals surface area contributed by atoms with Crippen LogP contribution in [-0.2, 0) is 14.6 Å². The normalized spacial score (nSPS) is 12.7. The molecule has 0 rings (SSSR count). The van der Waals surface area contributed by atoms with Crippen LogP contribution in [-0.4, -0.2) is 50.1 Å². The summed E-state index contributed by atoms with van der Waals surface area (Å²) in [4.78, 5) is 22.1. The average Bonchev–Trinajstić information content (AvgIpc) is 2.22. The SMILES string of the molecule is CCCC(CC(=O)O)NC(=O)NCCCS(C)(=O)=O. The van der Waals surface area contributed by atoms with Gasteiger partial charge in [-0.3, -0.25) is 4.79 Å². The third-order valence-electron chi connectivity index (χ3n) is 2.37. The molecule has 0 aliphatic rings. The minimum absolute atomic E-state index is 0.0147. The molecular weight excluding hydrogens is 272 g/mol. The molecule has 0 aromatic carbocycles. The third-order valence-corrected chi connectivity index (χ3v) is 3.40. The van der Waals surface area contributed by atoms with E-state index in [2.05, 4.69) is 10.6 Å². The van der Waals surface area contributed by atoms with E-state index in [0.717, 1.165) is 12.7 Å². The van der Waals surface area contributed by atoms with Gasteiger partial charge in [-0.05, 0) is 12.8 Å². The van der Waals surface area contributed by atoms with Gasteiger partial charge in [0.15, 0.2) is 0 Å². The molecule has 0 bridgehead atoms. The zero-order valence-corrected chi connectivity index (χ0v) is 12.1. The fourth-order valence-corrected chi connectivity index (χ4v) is 2.23. The van der Waals surface area contributed by atoms with Crippen molar-refractivity contribution in [3.8, 4) is 0 Å². The van der Waals surface area contributed by atoms with E-state index in [4.69, 9.17) is 5.11 Å². The number of sulfone groups is 1. The smallest absolute Gasteiger partial charge is 0.315 e. The van der Waals surface area contributed by atoms with Crippen LogP contribution in [0.5, 0.6) is 0 Å². The number of urea groups is 1. The van der Waals surface area contributed by atoms with Crippen molar-refractivity contribution in [3.63, 3.8) is 0 Å². The molecule has 0 radical (unpaired) electrons. The second-order valence-corrected chi connectivity index (χ2v) is 6.73. The maximum absolute atomic E-state index is 11.5. The van der Waals surface area contributed by atoms with E-state index < -0.39 is 27.9 Å². The van der Waals surface area contributed by atoms with Gasteiger partial charge in [-0.2, -0.15) is 0 Å². The molecule has 0 spiro atoms. The zero-order valence-electron chi connectivity index (χ0n) is 11.3. The Morgan fingerprint density at radius 1 is 1.32 bits per heavy atom. The maximum Gasteiger partial charge on any atom is 0.315 e. The van der Waals surface area contributed by atoms with Gasteiger partial charge >= 0.3 is 12.0 Å². The number of carbonyl (C=O) groups excluding carboxylic acids is 1. The highest BCUT2D eigenvalue weighted by Crippen LogP contribution is 2.01. The van der Waals surface area contributed by atoms with Crippen LogP contribution < -0.4 is 10.6 Å². The van der Waals surface area contributed by atoms with Crippen LogP contribution in [0.4, 0.5) is 4.79 Å². The van der Waals surface area contributed by atoms with E-state index in [1.165, 1.54) is 0 Å². The van der Waals surface area contributed by atoms with Gasteiger partial charge in [-0.15, -0.1) is 0 Å². The van der Waals surface area contributed by atoms with Crippen LogP contribution in [0.3, 0.4) is 0 Å². The van der Waals surface area contributed by atoms with Gasteiger partial charge in [0, 0.05) is 18.8 Å². The maximum atomic E-state index is 11.5. The lowest BCUT2D eigenvalue weighted by molar-refractivity contribution is -0.137. The molecule has 1 unspecified atom stereocenters. The van der Waals surface area contributed by atoms with Gasteiger partial charge < -0.3 is 15.7 Å². The number of nitrogens with one attached hydrogen (secondary N) is 2. The number of hydrogen-bond donors (Lipinski definition) is 3. The predicted molar refractivity (Wildman–Crippen MR) is 71.8 cm³/mol. The van der Waals surface area contributed by atoms with Gasteiger partial charge in [0.05, 0.1) is 12.2 Å². The molecule has 0 heterocycles. The number of hydrogen-bond acceptors (Lipinski definition) is 4. The highest BCUT2D eigenvalue weighted by molar-refractivity contribution is 7.90. The summed E-state index contributed by atoms with van der Waals surface area (Å²) >= 11 is 0. The second kappa shape index (κ2) is 8.73. The van der Waals surface area contributed by atoms with Crippen molar-refractivity contribution < 1.29 is 23.1 Å². The van der Waals surface area contributed by atoms with Gasteiger partial charge in [0.1, 0.15) is 9.84 Å². The first-order chi connectivity index (χ1) is 8.74. The van der Waals surface area contributed by atoms with Crippen LogP contribution in [0.1, 0.15) is 32.6 Å². The van der Waals surface area contributed by atoms with Crippen LogP contribution in [0.15, 0.2) is 0 Å². The molecule has 2 amide bonds. The quantitative estimate of drug-likeness (QED) is 0.532. The van der Waals surface area contributed by atoms with Crippen LogP contribution in [0.2, 0.25) is 0 Å². The lowest BCUT2D eigenvalue weighted by atomic mass is 10.1. The standard InChI is InChI=1S/C11H22N2O5S/c1-3-5-9(8-10(14)15)13-11(16)12-6-4-7-19(2,17)18/h9H,3-8H2,1-2H3,(H,14,15)(H2,12,13,16). The van der Waals surface area contributed by atoms with Crippen molar-refractivity contribution in [2.75, 3.05) is 18.6 Å². The Hall–Kier alpha value is -1.31. The monoisotopic (exact) mass is 294 g/mol. The summed E-state index contributed by atoms with van der Waals surface area (Å²) in [5, 5.41) is 13.8. The summed E-state index contributed by atoms with van der Waals surface area (Å²) in [6.07, 6.45) is 2.71. The average molecular weight is 294 g/mol. The molecular formula is C11H22N2O5S. The molecule has 3 N–H and O–H groups in total. The molecule has 0 aromatic rings. The Labute approximate surface area is 113 Å². The Balaban J connectivity index is 3.96. The summed E-state index contributed by atoms with van der Waals surface area (Å²) in [5.74, 6) is -0.948. The molecule has 0 aromatic heterocycles. The van der Waals surface area contributed by atoms with E-state index in [0.29, 0.717) is 12.8 Å². The molecule has 0 aliphatic heterocycles. The molecule has 7 nitrogen and oxygen atoms in total. The minimum Gasteiger partial charge on any atom is -0.481 e. The number of carbonyl (C=O) groups is 2. The van der Waals surface area contributed by atoms with Gasteiger partial charge in [0.25, 0.3) is 0 Å². The molecule has 112 valence electrons. The summed E-state index contributed by atoms with van der Waals surface area (Å²) in [6.45, 7) is 2.14. The lowest BCUT2D eigenvalue weighted by Crippen LogP contribution is -2.43. The van der Waals surface area contributed by atoms with Crippen molar-refractivity contribution >= 4 is 21.8 Å². The van der Waals surface area contributed by atoms with E-state index in [-0.39, 0.29) is 18.7 Å². The molecule has 0 saturated heterocycles. The van der Waals surface area contributed by atoms with Crippen molar-refractivity contribution in [1.82, 2.24) is 10.6 Å². The van der Waals surface area contributed by atoms with Crippen LogP contribution in [0, 0.1) is 0 Å². The summed E-state index contributed by atoms with van der Waals surface area (Å²) < 4.78 is 21.7. The number of rotatable bonds is 9. The van der Waals surface area contributed by atoms with Gasteiger partial charge in [-0.1, -0.05) is 13.3 Å². The summed E-state index contributed by atoms with van der Waals surface area (Å²) in [5.41, 5.74) is 0. The predicted octanol–water partition coefficient (Wildman–Crippen LogP) is 0.364. The zero-order chi connectivity index (χ0) is 14.9. The van der Waals surface area contributed by atoms with Gasteiger partial charge in [-0.25, -0.2) is 13.2 Å². The third kappa shape index (κ3) is 11.5. The minimum atomic E-state index is -3.02. The van der Waals surface area contributed by atoms with E-state index in [1.807, 2.05) is 6.92 Å². The largest absolute Gasteiger partial charge is 0.481 e. The van der Waals surface area contributed by atoms with Crippen molar-refractivity contribution in [3.05, 3.63) is 0 Å². The molecule has 8 heteroatoms. The van der Waals surface area contributed by atoms with Gasteiger partial charge in [0.2, 0.25) is 0 Å². The van der Waals surface area contributed by atoms with E-state index in [1.54, 1.807) is 0 Å². The first kappa shape index (κ1) is 17.7. The Kier molecular flexibility index (Phi) is 8.13. The van der Waals surface area contributed by atoms with Crippen molar-refractivity contribution in [2.45, 2.75) is 38.6 Å². The number of carboxylic acid groups (broad SMARTS) is 1. The first-order valence-corrected chi connectivity index (χ1v) is 8.24. The molecule has 0 fully saturated rings. The number of carboxylic acids is 1. The fourth-order valence-electron chi connectivity index (χ4n) is 1.56. The van der Waals surface area contributed by atoms with Crippen molar-refractivity contribution in [2.24, 2.45) is 0 Å².